The molecule has 2 aromatic heterocycles. The first-order chi connectivity index (χ1) is 11.2. The summed E-state index contributed by atoms with van der Waals surface area (Å²) >= 11 is 1.58. The van der Waals surface area contributed by atoms with E-state index in [1.165, 1.54) is 4.88 Å². The Morgan fingerprint density at radius 1 is 1.30 bits per heavy atom. The van der Waals surface area contributed by atoms with Crippen LogP contribution in [0.15, 0.2) is 36.5 Å². The van der Waals surface area contributed by atoms with Crippen molar-refractivity contribution in [2.75, 3.05) is 13.1 Å². The predicted octanol–water partition coefficient (Wildman–Crippen LogP) is 3.24. The summed E-state index contributed by atoms with van der Waals surface area (Å²) in [7, 11) is 0. The number of carbonyl (C=O) groups is 1. The number of nitrogens with zero attached hydrogens (tertiary/aromatic N) is 2. The SMILES string of the molecule is Cc1ccc(C(=O)N(Cc2ccccn2)[C@@H]2CCCNCC2)s1. The molecule has 1 saturated heterocycles. The summed E-state index contributed by atoms with van der Waals surface area (Å²) in [6, 6.07) is 10.1. The molecule has 1 aliphatic heterocycles. The van der Waals surface area contributed by atoms with E-state index in [4.69, 9.17) is 0 Å². The van der Waals surface area contributed by atoms with Crippen molar-refractivity contribution in [1.82, 2.24) is 15.2 Å². The minimum Gasteiger partial charge on any atom is -0.329 e. The van der Waals surface area contributed by atoms with E-state index in [9.17, 15) is 4.79 Å². The van der Waals surface area contributed by atoms with Crippen molar-refractivity contribution >= 4 is 17.2 Å². The number of hydrogen-bond donors (Lipinski definition) is 1. The summed E-state index contributed by atoms with van der Waals surface area (Å²) in [4.78, 5) is 21.5. The van der Waals surface area contributed by atoms with Crippen LogP contribution >= 0.6 is 11.3 Å². The van der Waals surface area contributed by atoms with E-state index in [-0.39, 0.29) is 11.9 Å². The van der Waals surface area contributed by atoms with Crippen molar-refractivity contribution in [3.63, 3.8) is 0 Å². The molecule has 122 valence electrons. The molecule has 1 amide bonds. The zero-order chi connectivity index (χ0) is 16.1. The van der Waals surface area contributed by atoms with Crippen LogP contribution < -0.4 is 5.32 Å². The molecule has 0 bridgehead atoms. The maximum atomic E-state index is 13.1. The van der Waals surface area contributed by atoms with E-state index < -0.39 is 0 Å². The third-order valence-corrected chi connectivity index (χ3v) is 5.25. The van der Waals surface area contributed by atoms with Crippen LogP contribution in [0.3, 0.4) is 0 Å². The minimum atomic E-state index is 0.139. The van der Waals surface area contributed by atoms with Gasteiger partial charge >= 0.3 is 0 Å². The number of nitrogens with one attached hydrogen (secondary N) is 1. The number of carbonyl (C=O) groups excluding carboxylic acids is 1. The quantitative estimate of drug-likeness (QED) is 0.936. The van der Waals surface area contributed by atoms with Crippen LogP contribution in [0.5, 0.6) is 0 Å². The second-order valence-corrected chi connectivity index (χ2v) is 7.29. The zero-order valence-corrected chi connectivity index (χ0v) is 14.3. The first-order valence-electron chi connectivity index (χ1n) is 8.22. The highest BCUT2D eigenvalue weighted by Crippen LogP contribution is 2.23. The lowest BCUT2D eigenvalue weighted by Gasteiger charge is -2.30. The Bertz CT molecular complexity index is 633. The summed E-state index contributed by atoms with van der Waals surface area (Å²) in [6.45, 7) is 4.64. The fourth-order valence-corrected chi connectivity index (χ4v) is 3.86. The molecule has 2 aromatic rings. The molecule has 3 heterocycles. The van der Waals surface area contributed by atoms with Gasteiger partial charge in [0.25, 0.3) is 5.91 Å². The molecule has 0 saturated carbocycles. The Kier molecular flexibility index (Phi) is 5.41. The second-order valence-electron chi connectivity index (χ2n) is 6.00. The average Bonchev–Trinajstić information content (AvgIpc) is 2.84. The molecular weight excluding hydrogens is 306 g/mol. The van der Waals surface area contributed by atoms with E-state index in [2.05, 4.69) is 10.3 Å². The molecule has 1 N–H and O–H groups in total. The number of hydrogen-bond acceptors (Lipinski definition) is 4. The van der Waals surface area contributed by atoms with Crippen LogP contribution in [0, 0.1) is 6.92 Å². The molecule has 0 aliphatic carbocycles. The van der Waals surface area contributed by atoms with Gasteiger partial charge in [-0.25, -0.2) is 0 Å². The lowest BCUT2D eigenvalue weighted by atomic mass is 10.1. The van der Waals surface area contributed by atoms with Crippen molar-refractivity contribution < 1.29 is 4.79 Å². The largest absolute Gasteiger partial charge is 0.329 e. The number of thiophene rings is 1. The topological polar surface area (TPSA) is 45.2 Å². The normalized spacial score (nSPS) is 18.4. The van der Waals surface area contributed by atoms with Gasteiger partial charge in [0.1, 0.15) is 0 Å². The zero-order valence-electron chi connectivity index (χ0n) is 13.5. The highest BCUT2D eigenvalue weighted by atomic mass is 32.1. The van der Waals surface area contributed by atoms with Gasteiger partial charge in [-0.05, 0) is 63.5 Å². The van der Waals surface area contributed by atoms with Gasteiger partial charge in [0, 0.05) is 17.1 Å². The van der Waals surface area contributed by atoms with Crippen LogP contribution in [0.1, 0.15) is 39.5 Å². The van der Waals surface area contributed by atoms with Gasteiger partial charge < -0.3 is 10.2 Å². The van der Waals surface area contributed by atoms with Gasteiger partial charge in [0.2, 0.25) is 0 Å². The molecule has 3 rings (SSSR count). The molecule has 1 aliphatic rings. The molecule has 5 heteroatoms. The van der Waals surface area contributed by atoms with Gasteiger partial charge in [-0.15, -0.1) is 11.3 Å². The van der Waals surface area contributed by atoms with Gasteiger partial charge in [-0.1, -0.05) is 6.07 Å². The van der Waals surface area contributed by atoms with Crippen LogP contribution in [-0.2, 0) is 6.54 Å². The number of pyridine rings is 1. The Morgan fingerprint density at radius 2 is 2.22 bits per heavy atom. The molecule has 23 heavy (non-hydrogen) atoms. The monoisotopic (exact) mass is 329 g/mol. The van der Waals surface area contributed by atoms with Crippen molar-refractivity contribution in [3.8, 4) is 0 Å². The summed E-state index contributed by atoms with van der Waals surface area (Å²) in [6.07, 6.45) is 4.96. The third-order valence-electron chi connectivity index (χ3n) is 4.26. The van der Waals surface area contributed by atoms with E-state index in [1.807, 2.05) is 42.2 Å². The summed E-state index contributed by atoms with van der Waals surface area (Å²) in [5, 5.41) is 3.43. The molecule has 1 atom stereocenters. The van der Waals surface area contributed by atoms with Crippen LogP contribution in [0.4, 0.5) is 0 Å². The Balaban J connectivity index is 1.84. The van der Waals surface area contributed by atoms with E-state index in [1.54, 1.807) is 17.5 Å². The summed E-state index contributed by atoms with van der Waals surface area (Å²) in [5.41, 5.74) is 0.950. The molecule has 0 aromatic carbocycles. The van der Waals surface area contributed by atoms with Crippen molar-refractivity contribution in [2.24, 2.45) is 0 Å². The van der Waals surface area contributed by atoms with Crippen molar-refractivity contribution in [1.29, 1.82) is 0 Å². The van der Waals surface area contributed by atoms with Crippen LogP contribution in [0.25, 0.3) is 0 Å². The molecule has 0 unspecified atom stereocenters. The Hall–Kier alpha value is -1.72. The van der Waals surface area contributed by atoms with E-state index in [0.29, 0.717) is 6.54 Å². The second kappa shape index (κ2) is 7.70. The van der Waals surface area contributed by atoms with Crippen molar-refractivity contribution in [3.05, 3.63) is 52.0 Å². The maximum Gasteiger partial charge on any atom is 0.264 e. The summed E-state index contributed by atoms with van der Waals surface area (Å²) in [5.74, 6) is 0.139. The lowest BCUT2D eigenvalue weighted by molar-refractivity contribution is 0.0647. The van der Waals surface area contributed by atoms with Gasteiger partial charge in [0.05, 0.1) is 17.1 Å². The van der Waals surface area contributed by atoms with Gasteiger partial charge in [-0.2, -0.15) is 0 Å². The Morgan fingerprint density at radius 3 is 2.96 bits per heavy atom. The van der Waals surface area contributed by atoms with Crippen molar-refractivity contribution in [2.45, 2.75) is 38.8 Å². The number of aryl methyl sites for hydroxylation is 1. The third kappa shape index (κ3) is 4.18. The molecule has 4 nitrogen and oxygen atoms in total. The average molecular weight is 329 g/mol. The maximum absolute atomic E-state index is 13.1. The number of aromatic nitrogens is 1. The lowest BCUT2D eigenvalue weighted by Crippen LogP contribution is -2.40. The molecule has 0 radical (unpaired) electrons. The number of amides is 1. The summed E-state index contributed by atoms with van der Waals surface area (Å²) < 4.78 is 0. The first-order valence-corrected chi connectivity index (χ1v) is 9.04. The standard InChI is InChI=1S/C18H23N3OS/c1-14-7-8-17(23-14)18(22)21(13-15-5-2-3-11-20-15)16-6-4-10-19-12-9-16/h2-3,5,7-8,11,16,19H,4,6,9-10,12-13H2,1H3/t16-/m1/s1. The van der Waals surface area contributed by atoms with Crippen LogP contribution in [-0.4, -0.2) is 34.9 Å². The molecular formula is C18H23N3OS. The molecule has 0 spiro atoms. The fraction of sp³-hybridized carbons (Fsp3) is 0.444. The van der Waals surface area contributed by atoms with Gasteiger partial charge in [-0.3, -0.25) is 9.78 Å². The predicted molar refractivity (Wildman–Crippen MR) is 93.7 cm³/mol. The first kappa shape index (κ1) is 16.1. The highest BCUT2D eigenvalue weighted by molar-refractivity contribution is 7.13. The smallest absolute Gasteiger partial charge is 0.264 e. The minimum absolute atomic E-state index is 0.139. The Labute approximate surface area is 141 Å². The van der Waals surface area contributed by atoms with E-state index >= 15 is 0 Å². The number of rotatable bonds is 4. The van der Waals surface area contributed by atoms with Crippen LogP contribution in [0.2, 0.25) is 0 Å². The fourth-order valence-electron chi connectivity index (χ4n) is 3.04. The highest BCUT2D eigenvalue weighted by Gasteiger charge is 2.26. The van der Waals surface area contributed by atoms with E-state index in [0.717, 1.165) is 42.9 Å². The van der Waals surface area contributed by atoms with Gasteiger partial charge in [0.15, 0.2) is 0 Å². The molecule has 1 fully saturated rings.